The van der Waals surface area contributed by atoms with E-state index in [2.05, 4.69) is 4.98 Å². The number of amides is 1. The van der Waals surface area contributed by atoms with E-state index in [0.717, 1.165) is 43.5 Å². The number of carbonyl (C=O) groups is 2. The number of alkyl halides is 3. The molecule has 10 nitrogen and oxygen atoms in total. The van der Waals surface area contributed by atoms with Gasteiger partial charge in [0, 0.05) is 20.6 Å². The highest BCUT2D eigenvalue weighted by Gasteiger charge is 2.38. The van der Waals surface area contributed by atoms with Gasteiger partial charge < -0.3 is 30.2 Å². The van der Waals surface area contributed by atoms with E-state index in [1.54, 1.807) is 7.05 Å². The van der Waals surface area contributed by atoms with Crippen LogP contribution in [0.25, 0.3) is 5.70 Å². The number of halogens is 3. The van der Waals surface area contributed by atoms with Crippen LogP contribution in [-0.4, -0.2) is 65.9 Å². The van der Waals surface area contributed by atoms with Crippen molar-refractivity contribution in [2.45, 2.75) is 63.6 Å². The molecule has 0 radical (unpaired) electrons. The summed E-state index contributed by atoms with van der Waals surface area (Å²) in [5, 5.41) is 8.00. The fourth-order valence-corrected chi connectivity index (χ4v) is 4.15. The molecule has 13 heteroatoms. The molecule has 2 aliphatic carbocycles. The van der Waals surface area contributed by atoms with E-state index in [4.69, 9.17) is 31.0 Å². The van der Waals surface area contributed by atoms with Crippen molar-refractivity contribution in [2.24, 2.45) is 17.5 Å². The Morgan fingerprint density at radius 1 is 1.16 bits per heavy atom. The van der Waals surface area contributed by atoms with Gasteiger partial charge in [0.05, 0.1) is 23.2 Å². The Hall–Kier alpha value is -3.22. The molecule has 2 saturated carbocycles. The summed E-state index contributed by atoms with van der Waals surface area (Å²) in [6.07, 6.45) is 2.09. The van der Waals surface area contributed by atoms with Crippen LogP contribution in [0.15, 0.2) is 17.8 Å². The smallest absolute Gasteiger partial charge is 0.437 e. The molecule has 0 bridgehead atoms. The summed E-state index contributed by atoms with van der Waals surface area (Å²) in [7, 11) is 3.10. The summed E-state index contributed by atoms with van der Waals surface area (Å²) < 4.78 is 52.3. The molecule has 0 saturated heterocycles. The first-order chi connectivity index (χ1) is 17.5. The van der Waals surface area contributed by atoms with Crippen LogP contribution in [0.1, 0.15) is 62.8 Å². The molecule has 2 fully saturated rings. The molecule has 0 atom stereocenters. The Morgan fingerprint density at radius 2 is 1.78 bits per heavy atom. The molecule has 1 aromatic rings. The second-order valence-corrected chi connectivity index (χ2v) is 9.23. The van der Waals surface area contributed by atoms with Gasteiger partial charge in [-0.1, -0.05) is 12.8 Å². The zero-order valence-electron chi connectivity index (χ0n) is 21.2. The Balaban J connectivity index is 0.00000153. The third-order valence-corrected chi connectivity index (χ3v) is 6.39. The second-order valence-electron chi connectivity index (χ2n) is 9.23. The van der Waals surface area contributed by atoms with E-state index in [0.29, 0.717) is 25.3 Å². The monoisotopic (exact) mass is 531 g/mol. The van der Waals surface area contributed by atoms with E-state index in [-0.39, 0.29) is 42.0 Å². The molecule has 3 rings (SSSR count). The maximum atomic E-state index is 13.8. The number of rotatable bonds is 8. The van der Waals surface area contributed by atoms with Crippen LogP contribution >= 0.6 is 0 Å². The van der Waals surface area contributed by atoms with Crippen molar-refractivity contribution in [2.75, 3.05) is 27.2 Å². The number of hydrazine groups is 1. The summed E-state index contributed by atoms with van der Waals surface area (Å²) >= 11 is 0. The number of carbonyl (C=O) groups excluding carboxylic acids is 1. The Labute approximate surface area is 214 Å². The Morgan fingerprint density at radius 3 is 2.30 bits per heavy atom. The second kappa shape index (κ2) is 13.9. The van der Waals surface area contributed by atoms with Crippen molar-refractivity contribution >= 4 is 18.3 Å². The van der Waals surface area contributed by atoms with Gasteiger partial charge in [-0.2, -0.15) is 13.2 Å². The molecule has 2 aliphatic rings. The van der Waals surface area contributed by atoms with Crippen molar-refractivity contribution in [3.05, 3.63) is 29.2 Å². The highest BCUT2D eigenvalue weighted by atomic mass is 19.4. The average Bonchev–Trinajstić information content (AvgIpc) is 2.81. The van der Waals surface area contributed by atoms with E-state index >= 15 is 0 Å². The van der Waals surface area contributed by atoms with E-state index in [1.165, 1.54) is 24.1 Å². The first-order valence-corrected chi connectivity index (χ1v) is 12.2. The number of ether oxygens (including phenoxy) is 2. The van der Waals surface area contributed by atoms with E-state index in [1.807, 2.05) is 0 Å². The van der Waals surface area contributed by atoms with Gasteiger partial charge in [-0.15, -0.1) is 0 Å². The lowest BCUT2D eigenvalue weighted by Gasteiger charge is -2.30. The SMILES string of the molecule is CN(CC1CCC1)C(=O)OC/C(=C(/N)c1ccc(OC2CCCCC2)c(C(F)(F)F)n1)N(C)N.O=CO. The number of nitrogens with zero attached hydrogens (tertiary/aromatic N) is 3. The molecular formula is C24H36F3N5O5. The first kappa shape index (κ1) is 30.0. The highest BCUT2D eigenvalue weighted by Crippen LogP contribution is 2.37. The molecule has 0 unspecified atom stereocenters. The topological polar surface area (TPSA) is 144 Å². The third-order valence-electron chi connectivity index (χ3n) is 6.39. The number of nitrogens with two attached hydrogens (primary N) is 2. The van der Waals surface area contributed by atoms with Gasteiger partial charge in [0.1, 0.15) is 6.61 Å². The lowest BCUT2D eigenvalue weighted by Crippen LogP contribution is -2.37. The van der Waals surface area contributed by atoms with Gasteiger partial charge in [-0.3, -0.25) is 4.79 Å². The molecule has 1 amide bonds. The van der Waals surface area contributed by atoms with E-state index < -0.39 is 18.0 Å². The van der Waals surface area contributed by atoms with Gasteiger partial charge in [0.15, 0.2) is 11.4 Å². The quantitative estimate of drug-likeness (QED) is 0.259. The summed E-state index contributed by atoms with van der Waals surface area (Å²) in [6.45, 7) is 0.0286. The standard InChI is InChI=1S/C23H34F3N5O3.CH2O2/c1-30(13-15-7-6-8-15)22(32)33-14-18(31(2)28)20(27)17-11-12-19(21(29-17)23(24,25)26)34-16-9-4-3-5-10-16;2-1-3/h11-12,15-16H,3-10,13-14,27-28H2,1-2H3;1H,(H,2,3)/b20-18-;. The van der Waals surface area contributed by atoms with Crippen LogP contribution < -0.4 is 16.3 Å². The number of carboxylic acid groups (broad SMARTS) is 1. The van der Waals surface area contributed by atoms with Crippen LogP contribution in [0.5, 0.6) is 5.75 Å². The molecule has 1 aromatic heterocycles. The molecule has 5 N–H and O–H groups in total. The Kier molecular flexibility index (Phi) is 11.3. The number of hydrogen-bond acceptors (Lipinski definition) is 8. The van der Waals surface area contributed by atoms with Crippen LogP contribution in [0.4, 0.5) is 18.0 Å². The van der Waals surface area contributed by atoms with Crippen molar-refractivity contribution in [3.63, 3.8) is 0 Å². The van der Waals surface area contributed by atoms with Crippen LogP contribution in [0.3, 0.4) is 0 Å². The van der Waals surface area contributed by atoms with Crippen molar-refractivity contribution in [3.8, 4) is 5.75 Å². The first-order valence-electron chi connectivity index (χ1n) is 12.2. The molecular weight excluding hydrogens is 495 g/mol. The average molecular weight is 532 g/mol. The minimum absolute atomic E-state index is 0.117. The van der Waals surface area contributed by atoms with Crippen LogP contribution in [0.2, 0.25) is 0 Å². The van der Waals surface area contributed by atoms with Gasteiger partial charge in [0.25, 0.3) is 6.47 Å². The number of likely N-dealkylation sites (N-methyl/N-ethyl adjacent to an activating group) is 1. The normalized spacial score (nSPS) is 16.9. The predicted molar refractivity (Wildman–Crippen MR) is 130 cm³/mol. The Bertz CT molecular complexity index is 932. The fraction of sp³-hybridized carbons (Fsp3) is 0.625. The number of aromatic nitrogens is 1. The summed E-state index contributed by atoms with van der Waals surface area (Å²) in [5.74, 6) is 5.99. The maximum absolute atomic E-state index is 13.8. The van der Waals surface area contributed by atoms with Crippen molar-refractivity contribution < 1.29 is 37.3 Å². The lowest BCUT2D eigenvalue weighted by atomic mass is 9.85. The van der Waals surface area contributed by atoms with Gasteiger partial charge >= 0.3 is 12.3 Å². The van der Waals surface area contributed by atoms with Gasteiger partial charge in [-0.25, -0.2) is 15.6 Å². The van der Waals surface area contributed by atoms with Crippen LogP contribution in [-0.2, 0) is 15.7 Å². The van der Waals surface area contributed by atoms with Gasteiger partial charge in [0.2, 0.25) is 0 Å². The minimum Gasteiger partial charge on any atom is -0.488 e. The van der Waals surface area contributed by atoms with Crippen molar-refractivity contribution in [1.82, 2.24) is 14.9 Å². The summed E-state index contributed by atoms with van der Waals surface area (Å²) in [4.78, 5) is 25.9. The zero-order chi connectivity index (χ0) is 27.6. The number of pyridine rings is 1. The van der Waals surface area contributed by atoms with Crippen molar-refractivity contribution in [1.29, 1.82) is 0 Å². The maximum Gasteiger partial charge on any atom is 0.437 e. The molecule has 0 spiro atoms. The molecule has 0 aliphatic heterocycles. The molecule has 208 valence electrons. The highest BCUT2D eigenvalue weighted by molar-refractivity contribution is 5.68. The molecule has 37 heavy (non-hydrogen) atoms. The third kappa shape index (κ3) is 8.99. The van der Waals surface area contributed by atoms with E-state index in [9.17, 15) is 18.0 Å². The molecule has 1 heterocycles. The van der Waals surface area contributed by atoms with Crippen LogP contribution in [0, 0.1) is 5.92 Å². The minimum atomic E-state index is -4.73. The molecule has 0 aromatic carbocycles. The predicted octanol–water partition coefficient (Wildman–Crippen LogP) is 3.81. The number of hydrogen-bond donors (Lipinski definition) is 3. The largest absolute Gasteiger partial charge is 0.488 e. The summed E-state index contributed by atoms with van der Waals surface area (Å²) in [6, 6.07) is 2.59. The fourth-order valence-electron chi connectivity index (χ4n) is 4.15. The zero-order valence-corrected chi connectivity index (χ0v) is 21.2. The lowest BCUT2D eigenvalue weighted by molar-refractivity contribution is -0.143. The summed E-state index contributed by atoms with van der Waals surface area (Å²) in [5.41, 5.74) is 4.88. The van der Waals surface area contributed by atoms with Gasteiger partial charge in [-0.05, 0) is 56.6 Å².